The Morgan fingerprint density at radius 3 is 1.22 bits per heavy atom. The Hall–Kier alpha value is -2.03. The molecule has 0 aromatic heterocycles. The van der Waals surface area contributed by atoms with Gasteiger partial charge in [0, 0.05) is 26.2 Å². The van der Waals surface area contributed by atoms with Crippen LogP contribution in [-0.2, 0) is 6.42 Å². The lowest BCUT2D eigenvalue weighted by Gasteiger charge is -2.41. The Kier molecular flexibility index (Phi) is 6.81. The molecular weight excluding hydrogens is 491 g/mol. The van der Waals surface area contributed by atoms with Crippen molar-refractivity contribution in [2.75, 3.05) is 19.0 Å². The van der Waals surface area contributed by atoms with Crippen LogP contribution in [0.4, 0.5) is 71.5 Å². The van der Waals surface area contributed by atoms with Crippen molar-refractivity contribution >= 4 is 5.69 Å². The number of nitrogens with zero attached hydrogens (tertiary/aromatic N) is 1. The maximum Gasteiger partial charge on any atom is 0.460 e. The lowest BCUT2D eigenvalue weighted by Crippen LogP contribution is -2.72. The van der Waals surface area contributed by atoms with Gasteiger partial charge in [0.25, 0.3) is 0 Å². The molecule has 0 atom stereocenters. The molecule has 1 nitrogen and oxygen atoms in total. The molecule has 0 aliphatic heterocycles. The van der Waals surface area contributed by atoms with Gasteiger partial charge in [0.2, 0.25) is 0 Å². The van der Waals surface area contributed by atoms with Crippen molar-refractivity contribution in [2.24, 2.45) is 0 Å². The predicted octanol–water partition coefficient (Wildman–Crippen LogP) is 6.67. The summed E-state index contributed by atoms with van der Waals surface area (Å²) < 4.78 is 197. The minimum Gasteiger partial charge on any atom is -0.378 e. The third-order valence-corrected chi connectivity index (χ3v) is 4.27. The summed E-state index contributed by atoms with van der Waals surface area (Å²) >= 11 is 0. The molecule has 16 heteroatoms. The first-order chi connectivity index (χ1) is 13.9. The molecule has 0 saturated heterocycles. The van der Waals surface area contributed by atoms with E-state index in [4.69, 9.17) is 0 Å². The van der Waals surface area contributed by atoms with Crippen LogP contribution in [0.15, 0.2) is 24.3 Å². The van der Waals surface area contributed by atoms with Gasteiger partial charge in [-0.15, -0.1) is 0 Å². The highest BCUT2D eigenvalue weighted by atomic mass is 19.4. The molecule has 1 aromatic rings. The van der Waals surface area contributed by atoms with Gasteiger partial charge in [-0.3, -0.25) is 0 Å². The summed E-state index contributed by atoms with van der Waals surface area (Å²) in [4.78, 5) is 1.37. The van der Waals surface area contributed by atoms with Crippen molar-refractivity contribution in [3.63, 3.8) is 0 Å². The highest BCUT2D eigenvalue weighted by Crippen LogP contribution is 2.62. The highest BCUT2D eigenvalue weighted by Gasteiger charge is 2.93. The monoisotopic (exact) mass is 503 g/mol. The van der Waals surface area contributed by atoms with E-state index in [2.05, 4.69) is 0 Å². The molecule has 0 radical (unpaired) electrons. The molecule has 0 fully saturated rings. The number of hydrogen-bond acceptors (Lipinski definition) is 1. The van der Waals surface area contributed by atoms with Crippen LogP contribution in [0.5, 0.6) is 0 Å². The zero-order valence-electron chi connectivity index (χ0n) is 15.6. The fourth-order valence-electron chi connectivity index (χ4n) is 2.28. The van der Waals surface area contributed by atoms with E-state index in [-0.39, 0.29) is 5.69 Å². The average Bonchev–Trinajstić information content (AvgIpc) is 2.59. The third-order valence-electron chi connectivity index (χ3n) is 4.27. The lowest BCUT2D eigenvalue weighted by atomic mass is 9.89. The molecule has 0 spiro atoms. The van der Waals surface area contributed by atoms with E-state index in [1.165, 1.54) is 19.0 Å². The van der Waals surface area contributed by atoms with E-state index in [1.807, 2.05) is 0 Å². The number of alkyl halides is 15. The standard InChI is InChI=1S/C16H12F15N/c1-32(2)9-5-3-8(4-6-9)7-10(17,18)11(19,20)12(21,22)13(23,24)14(25,26)15(27,28)16(29,30)31/h3-6H,7H2,1-2H3. The Morgan fingerprint density at radius 2 is 0.875 bits per heavy atom. The molecule has 186 valence electrons. The second kappa shape index (κ2) is 7.78. The molecule has 0 N–H and O–H groups in total. The smallest absolute Gasteiger partial charge is 0.378 e. The Morgan fingerprint density at radius 1 is 0.531 bits per heavy atom. The summed E-state index contributed by atoms with van der Waals surface area (Å²) in [6, 6.07) is 3.30. The zero-order chi connectivity index (χ0) is 25.8. The molecule has 0 aliphatic carbocycles. The topological polar surface area (TPSA) is 3.24 Å². The largest absolute Gasteiger partial charge is 0.460 e. The van der Waals surface area contributed by atoms with E-state index in [9.17, 15) is 65.9 Å². The number of rotatable bonds is 8. The van der Waals surface area contributed by atoms with Gasteiger partial charge in [-0.05, 0) is 17.7 Å². The van der Waals surface area contributed by atoms with Crippen molar-refractivity contribution in [1.29, 1.82) is 0 Å². The summed E-state index contributed by atoms with van der Waals surface area (Å²) in [5.74, 6) is -46.3. The van der Waals surface area contributed by atoms with Gasteiger partial charge in [0.05, 0.1) is 0 Å². The minimum absolute atomic E-state index is 0.273. The second-order valence-corrected chi connectivity index (χ2v) is 6.81. The van der Waals surface area contributed by atoms with Crippen LogP contribution >= 0.6 is 0 Å². The number of halogens is 15. The third kappa shape index (κ3) is 4.04. The first-order valence-electron chi connectivity index (χ1n) is 7.98. The highest BCUT2D eigenvalue weighted by molar-refractivity contribution is 5.46. The maximum atomic E-state index is 13.9. The molecule has 0 saturated carbocycles. The molecule has 0 aliphatic rings. The van der Waals surface area contributed by atoms with Crippen molar-refractivity contribution < 1.29 is 65.9 Å². The van der Waals surface area contributed by atoms with Gasteiger partial charge in [0.1, 0.15) is 0 Å². The van der Waals surface area contributed by atoms with Gasteiger partial charge >= 0.3 is 41.7 Å². The molecule has 0 unspecified atom stereocenters. The SMILES string of the molecule is CN(C)c1ccc(CC(F)(F)C(F)(F)C(F)(F)C(F)(F)C(F)(F)C(F)(F)C(F)(F)F)cc1. The quantitative estimate of drug-likeness (QED) is 0.359. The summed E-state index contributed by atoms with van der Waals surface area (Å²) in [5, 5.41) is 0. The van der Waals surface area contributed by atoms with Crippen LogP contribution in [0.25, 0.3) is 0 Å². The zero-order valence-corrected chi connectivity index (χ0v) is 15.6. The maximum absolute atomic E-state index is 13.9. The Labute approximate surface area is 169 Å². The predicted molar refractivity (Wildman–Crippen MR) is 80.2 cm³/mol. The summed E-state index contributed by atoms with van der Waals surface area (Å²) in [6.07, 6.45) is -10.1. The number of hydrogen-bond donors (Lipinski definition) is 0. The van der Waals surface area contributed by atoms with Gasteiger partial charge in [0.15, 0.2) is 0 Å². The molecule has 1 aromatic carbocycles. The van der Waals surface area contributed by atoms with Crippen molar-refractivity contribution in [1.82, 2.24) is 0 Å². The fourth-order valence-corrected chi connectivity index (χ4v) is 2.28. The fraction of sp³-hybridized carbons (Fsp3) is 0.625. The van der Waals surface area contributed by atoms with E-state index in [1.54, 1.807) is 0 Å². The number of anilines is 1. The molecule has 0 amide bonds. The van der Waals surface area contributed by atoms with Gasteiger partial charge in [-0.25, -0.2) is 0 Å². The Balaban J connectivity index is 3.44. The summed E-state index contributed by atoms with van der Waals surface area (Å²) in [7, 11) is 2.88. The normalized spacial score (nSPS) is 15.2. The lowest BCUT2D eigenvalue weighted by molar-refractivity contribution is -0.452. The van der Waals surface area contributed by atoms with Gasteiger partial charge in [-0.1, -0.05) is 12.1 Å². The van der Waals surface area contributed by atoms with Crippen LogP contribution in [0.1, 0.15) is 5.56 Å². The molecule has 0 heterocycles. The van der Waals surface area contributed by atoms with E-state index in [0.29, 0.717) is 12.1 Å². The molecule has 0 bridgehead atoms. The van der Waals surface area contributed by atoms with E-state index >= 15 is 0 Å². The van der Waals surface area contributed by atoms with Crippen molar-refractivity contribution in [2.45, 2.75) is 48.1 Å². The van der Waals surface area contributed by atoms with Crippen LogP contribution < -0.4 is 4.90 Å². The first kappa shape index (κ1) is 28.0. The Bertz CT molecular complexity index is 793. The first-order valence-corrected chi connectivity index (χ1v) is 7.98. The second-order valence-electron chi connectivity index (χ2n) is 6.81. The summed E-state index contributed by atoms with van der Waals surface area (Å²) in [6.45, 7) is 0. The molecule has 32 heavy (non-hydrogen) atoms. The minimum atomic E-state index is -8.26. The molecular formula is C16H12F15N. The van der Waals surface area contributed by atoms with E-state index in [0.717, 1.165) is 12.1 Å². The molecule has 1 rings (SSSR count). The van der Waals surface area contributed by atoms with Crippen molar-refractivity contribution in [3.05, 3.63) is 29.8 Å². The van der Waals surface area contributed by atoms with Crippen molar-refractivity contribution in [3.8, 4) is 0 Å². The van der Waals surface area contributed by atoms with Gasteiger partial charge < -0.3 is 4.90 Å². The van der Waals surface area contributed by atoms with Gasteiger partial charge in [-0.2, -0.15) is 65.9 Å². The average molecular weight is 503 g/mol. The van der Waals surface area contributed by atoms with Crippen LogP contribution in [0.3, 0.4) is 0 Å². The summed E-state index contributed by atoms with van der Waals surface area (Å²) in [5.41, 5.74) is -0.624. The van der Waals surface area contributed by atoms with Crippen LogP contribution in [0, 0.1) is 0 Å². The van der Waals surface area contributed by atoms with E-state index < -0.39 is 53.7 Å². The van der Waals surface area contributed by atoms with Crippen LogP contribution in [-0.4, -0.2) is 55.8 Å². The number of benzene rings is 1. The van der Waals surface area contributed by atoms with Crippen LogP contribution in [0.2, 0.25) is 0 Å².